The van der Waals surface area contributed by atoms with Gasteiger partial charge in [0.2, 0.25) is 10.0 Å². The van der Waals surface area contributed by atoms with Crippen molar-refractivity contribution in [3.63, 3.8) is 0 Å². The number of piperidine rings is 1. The van der Waals surface area contributed by atoms with E-state index in [0.29, 0.717) is 17.8 Å². The first-order valence-electron chi connectivity index (χ1n) is 9.05. The highest BCUT2D eigenvalue weighted by molar-refractivity contribution is 7.92. The maximum Gasteiger partial charge on any atom is 0.251 e. The molecule has 0 atom stereocenters. The van der Waals surface area contributed by atoms with Crippen LogP contribution in [0.1, 0.15) is 57.3 Å². The number of halogens is 1. The number of hydrogen-bond acceptors (Lipinski definition) is 4. The summed E-state index contributed by atoms with van der Waals surface area (Å²) >= 11 is 0. The molecular weight excluding hydrogens is 386 g/mol. The van der Waals surface area contributed by atoms with E-state index in [1.807, 2.05) is 0 Å². The summed E-state index contributed by atoms with van der Waals surface area (Å²) in [5.74, 6) is -0.150. The number of nitrogens with one attached hydrogen (secondary N) is 2. The molecule has 0 bridgehead atoms. The van der Waals surface area contributed by atoms with Gasteiger partial charge in [-0.1, -0.05) is 0 Å². The lowest BCUT2D eigenvalue weighted by molar-refractivity contribution is -0.0251. The first-order valence-corrected chi connectivity index (χ1v) is 10.9. The maximum atomic E-state index is 12.3. The topological polar surface area (TPSA) is 78.5 Å². The number of nitrogens with zero attached hydrogens (tertiary/aromatic N) is 1. The van der Waals surface area contributed by atoms with Crippen molar-refractivity contribution in [2.24, 2.45) is 0 Å². The van der Waals surface area contributed by atoms with E-state index < -0.39 is 10.0 Å². The summed E-state index contributed by atoms with van der Waals surface area (Å²) < 4.78 is 24.8. The van der Waals surface area contributed by atoms with Gasteiger partial charge in [-0.05, 0) is 71.2 Å². The molecule has 1 aliphatic rings. The molecule has 154 valence electrons. The highest BCUT2D eigenvalue weighted by Gasteiger charge is 2.40. The minimum absolute atomic E-state index is 0. The number of likely N-dealkylation sites (tertiary alicyclic amines) is 1. The third-order valence-corrected chi connectivity index (χ3v) is 5.72. The predicted octanol–water partition coefficient (Wildman–Crippen LogP) is 3.25. The molecule has 1 aromatic rings. The number of sulfonamides is 1. The van der Waals surface area contributed by atoms with Crippen LogP contribution in [0.4, 0.5) is 5.69 Å². The Balaban J connectivity index is 0.00000364. The summed E-state index contributed by atoms with van der Waals surface area (Å²) in [7, 11) is -3.32. The molecule has 2 N–H and O–H groups in total. The number of rotatable bonds is 6. The molecular formula is C19H32ClN3O3S. The quantitative estimate of drug-likeness (QED) is 0.744. The fourth-order valence-corrected chi connectivity index (χ4v) is 4.50. The Morgan fingerprint density at radius 2 is 1.59 bits per heavy atom. The van der Waals surface area contributed by atoms with Crippen LogP contribution in [0, 0.1) is 0 Å². The van der Waals surface area contributed by atoms with Gasteiger partial charge < -0.3 is 5.32 Å². The third kappa shape index (κ3) is 6.66. The fourth-order valence-electron chi connectivity index (χ4n) is 3.94. The molecule has 0 aliphatic carbocycles. The van der Waals surface area contributed by atoms with Gasteiger partial charge in [0.1, 0.15) is 0 Å². The molecule has 6 nitrogen and oxygen atoms in total. The van der Waals surface area contributed by atoms with Crippen molar-refractivity contribution in [2.75, 3.05) is 24.1 Å². The number of amides is 1. The SMILES string of the molecule is CC1(C)CCCC(C)(C)N1CCNC(=O)c1ccc(NS(C)(=O)=O)cc1.Cl. The van der Waals surface area contributed by atoms with Gasteiger partial charge in [-0.2, -0.15) is 0 Å². The average Bonchev–Trinajstić information content (AvgIpc) is 2.48. The second kappa shape index (κ2) is 8.80. The Labute approximate surface area is 169 Å². The van der Waals surface area contributed by atoms with Crippen molar-refractivity contribution in [3.8, 4) is 0 Å². The van der Waals surface area contributed by atoms with Gasteiger partial charge in [0, 0.05) is 35.4 Å². The molecule has 1 aliphatic heterocycles. The van der Waals surface area contributed by atoms with Crippen LogP contribution in [0.2, 0.25) is 0 Å². The standard InChI is InChI=1S/C19H31N3O3S.ClH/c1-18(2)11-6-12-19(3,4)22(18)14-13-20-17(23)15-7-9-16(10-8-15)21-26(5,24)25;/h7-10,21H,6,11-14H2,1-5H3,(H,20,23);1H. The van der Waals surface area contributed by atoms with Gasteiger partial charge in [-0.15, -0.1) is 12.4 Å². The summed E-state index contributed by atoms with van der Waals surface area (Å²) in [4.78, 5) is 14.8. The van der Waals surface area contributed by atoms with Crippen molar-refractivity contribution in [1.82, 2.24) is 10.2 Å². The van der Waals surface area contributed by atoms with E-state index in [9.17, 15) is 13.2 Å². The zero-order chi connectivity index (χ0) is 19.6. The highest BCUT2D eigenvalue weighted by Crippen LogP contribution is 2.37. The van der Waals surface area contributed by atoms with Crippen LogP contribution < -0.4 is 10.0 Å². The van der Waals surface area contributed by atoms with E-state index in [1.54, 1.807) is 24.3 Å². The second-order valence-corrected chi connectivity index (χ2v) is 10.1. The lowest BCUT2D eigenvalue weighted by Gasteiger charge is -2.53. The molecule has 0 saturated carbocycles. The number of benzene rings is 1. The van der Waals surface area contributed by atoms with Gasteiger partial charge in [0.05, 0.1) is 6.26 Å². The highest BCUT2D eigenvalue weighted by atomic mass is 35.5. The normalized spacial score (nSPS) is 19.0. The predicted molar refractivity (Wildman–Crippen MR) is 113 cm³/mol. The van der Waals surface area contributed by atoms with Crippen molar-refractivity contribution < 1.29 is 13.2 Å². The molecule has 0 radical (unpaired) electrons. The number of anilines is 1. The number of hydrogen-bond donors (Lipinski definition) is 2. The van der Waals surface area contributed by atoms with Crippen molar-refractivity contribution in [3.05, 3.63) is 29.8 Å². The second-order valence-electron chi connectivity index (χ2n) is 8.34. The lowest BCUT2D eigenvalue weighted by atomic mass is 9.80. The fraction of sp³-hybridized carbons (Fsp3) is 0.632. The molecule has 1 aromatic carbocycles. The van der Waals surface area contributed by atoms with Gasteiger partial charge in [-0.3, -0.25) is 14.4 Å². The molecule has 2 rings (SSSR count). The summed E-state index contributed by atoms with van der Waals surface area (Å²) in [6, 6.07) is 6.43. The first-order chi connectivity index (χ1) is 11.9. The summed E-state index contributed by atoms with van der Waals surface area (Å²) in [5, 5.41) is 2.97. The van der Waals surface area contributed by atoms with E-state index in [2.05, 4.69) is 42.6 Å². The molecule has 1 heterocycles. The van der Waals surface area contributed by atoms with E-state index in [-0.39, 0.29) is 29.4 Å². The Kier molecular flexibility index (Phi) is 7.73. The van der Waals surface area contributed by atoms with Crippen LogP contribution in [0.15, 0.2) is 24.3 Å². The molecule has 8 heteroatoms. The largest absolute Gasteiger partial charge is 0.351 e. The smallest absolute Gasteiger partial charge is 0.251 e. The van der Waals surface area contributed by atoms with Crippen molar-refractivity contribution in [1.29, 1.82) is 0 Å². The summed E-state index contributed by atoms with van der Waals surface area (Å²) in [6.45, 7) is 10.5. The van der Waals surface area contributed by atoms with Gasteiger partial charge in [0.25, 0.3) is 5.91 Å². The zero-order valence-corrected chi connectivity index (χ0v) is 18.5. The summed E-state index contributed by atoms with van der Waals surface area (Å²) in [6.07, 6.45) is 4.66. The van der Waals surface area contributed by atoms with E-state index in [1.165, 1.54) is 19.3 Å². The Hall–Kier alpha value is -1.31. The molecule has 0 spiro atoms. The Morgan fingerprint density at radius 3 is 2.07 bits per heavy atom. The Bertz CT molecular complexity index is 730. The third-order valence-electron chi connectivity index (χ3n) is 5.11. The van der Waals surface area contributed by atoms with Crippen LogP contribution in [0.25, 0.3) is 0 Å². The molecule has 1 fully saturated rings. The van der Waals surface area contributed by atoms with Gasteiger partial charge >= 0.3 is 0 Å². The molecule has 1 amide bonds. The van der Waals surface area contributed by atoms with Crippen molar-refractivity contribution >= 4 is 34.0 Å². The van der Waals surface area contributed by atoms with Crippen LogP contribution >= 0.6 is 12.4 Å². The molecule has 1 saturated heterocycles. The Morgan fingerprint density at radius 1 is 1.07 bits per heavy atom. The van der Waals surface area contributed by atoms with Gasteiger partial charge in [-0.25, -0.2) is 8.42 Å². The minimum Gasteiger partial charge on any atom is -0.351 e. The molecule has 27 heavy (non-hydrogen) atoms. The first kappa shape index (κ1) is 23.7. The maximum absolute atomic E-state index is 12.3. The van der Waals surface area contributed by atoms with Crippen LogP contribution in [0.5, 0.6) is 0 Å². The number of carbonyl (C=O) groups is 1. The zero-order valence-electron chi connectivity index (χ0n) is 16.8. The lowest BCUT2D eigenvalue weighted by Crippen LogP contribution is -2.60. The van der Waals surface area contributed by atoms with Crippen molar-refractivity contribution in [2.45, 2.75) is 58.0 Å². The minimum atomic E-state index is -3.32. The van der Waals surface area contributed by atoms with Gasteiger partial charge in [0.15, 0.2) is 0 Å². The van der Waals surface area contributed by atoms with E-state index >= 15 is 0 Å². The van der Waals surface area contributed by atoms with Crippen LogP contribution in [-0.2, 0) is 10.0 Å². The summed E-state index contributed by atoms with van der Waals surface area (Å²) in [5.41, 5.74) is 1.22. The molecule has 0 unspecified atom stereocenters. The van der Waals surface area contributed by atoms with Crippen LogP contribution in [0.3, 0.4) is 0 Å². The van der Waals surface area contributed by atoms with E-state index in [0.717, 1.165) is 12.8 Å². The van der Waals surface area contributed by atoms with Crippen LogP contribution in [-0.4, -0.2) is 49.6 Å². The number of carbonyl (C=O) groups excluding carboxylic acids is 1. The monoisotopic (exact) mass is 417 g/mol. The average molecular weight is 418 g/mol. The van der Waals surface area contributed by atoms with E-state index in [4.69, 9.17) is 0 Å². The molecule has 0 aromatic heterocycles.